The van der Waals surface area contributed by atoms with E-state index >= 15 is 0 Å². The molecule has 0 aromatic carbocycles. The van der Waals surface area contributed by atoms with Crippen molar-refractivity contribution in [1.29, 1.82) is 0 Å². The summed E-state index contributed by atoms with van der Waals surface area (Å²) >= 11 is 1.61. The van der Waals surface area contributed by atoms with E-state index in [1.54, 1.807) is 16.7 Å². The third kappa shape index (κ3) is 1.39. The molecule has 4 heteroatoms. The molecule has 1 aromatic rings. The standard InChI is InChI=1S/C12H16N2OS/c13-10(15)9-7-16-11(14-9)8-3-6-12(8)4-1-2-5-12/h7-8H,1-6H2,(H2,13,15). The summed E-state index contributed by atoms with van der Waals surface area (Å²) in [5, 5.41) is 2.94. The zero-order chi connectivity index (χ0) is 11.2. The number of rotatable bonds is 2. The lowest BCUT2D eigenvalue weighted by atomic mass is 9.59. The van der Waals surface area contributed by atoms with Crippen molar-refractivity contribution in [3.05, 3.63) is 16.1 Å². The maximum absolute atomic E-state index is 11.0. The number of primary amides is 1. The maximum Gasteiger partial charge on any atom is 0.268 e. The first kappa shape index (κ1) is 10.3. The van der Waals surface area contributed by atoms with Gasteiger partial charge in [0.25, 0.3) is 5.91 Å². The van der Waals surface area contributed by atoms with Gasteiger partial charge in [0.15, 0.2) is 0 Å². The monoisotopic (exact) mass is 236 g/mol. The van der Waals surface area contributed by atoms with E-state index in [0.717, 1.165) is 5.01 Å². The molecule has 2 N–H and O–H groups in total. The molecule has 16 heavy (non-hydrogen) atoms. The van der Waals surface area contributed by atoms with Crippen LogP contribution < -0.4 is 5.73 Å². The third-order valence-corrected chi connectivity index (χ3v) is 5.30. The van der Waals surface area contributed by atoms with Crippen molar-refractivity contribution >= 4 is 17.2 Å². The van der Waals surface area contributed by atoms with Crippen LogP contribution in [0.1, 0.15) is 59.9 Å². The number of carbonyl (C=O) groups is 1. The molecule has 0 bridgehead atoms. The number of carbonyl (C=O) groups excluding carboxylic acids is 1. The summed E-state index contributed by atoms with van der Waals surface area (Å²) in [6.45, 7) is 0. The predicted octanol–water partition coefficient (Wildman–Crippen LogP) is 2.68. The minimum Gasteiger partial charge on any atom is -0.364 e. The first-order valence-corrected chi connectivity index (χ1v) is 6.84. The Morgan fingerprint density at radius 3 is 2.69 bits per heavy atom. The van der Waals surface area contributed by atoms with Crippen molar-refractivity contribution in [2.24, 2.45) is 11.1 Å². The van der Waals surface area contributed by atoms with Crippen molar-refractivity contribution in [1.82, 2.24) is 4.98 Å². The van der Waals surface area contributed by atoms with Gasteiger partial charge in [-0.1, -0.05) is 12.8 Å². The highest BCUT2D eigenvalue weighted by molar-refractivity contribution is 7.10. The van der Waals surface area contributed by atoms with Gasteiger partial charge in [-0.15, -0.1) is 11.3 Å². The molecule has 86 valence electrons. The molecule has 1 spiro atoms. The van der Waals surface area contributed by atoms with Gasteiger partial charge in [-0.3, -0.25) is 4.79 Å². The number of thiazole rings is 1. The van der Waals surface area contributed by atoms with Crippen LogP contribution in [0.5, 0.6) is 0 Å². The fourth-order valence-corrected chi connectivity index (χ4v) is 4.41. The lowest BCUT2D eigenvalue weighted by molar-refractivity contribution is 0.0959. The van der Waals surface area contributed by atoms with E-state index in [2.05, 4.69) is 4.98 Å². The van der Waals surface area contributed by atoms with E-state index in [-0.39, 0.29) is 0 Å². The van der Waals surface area contributed by atoms with Gasteiger partial charge in [0, 0.05) is 11.3 Å². The van der Waals surface area contributed by atoms with Gasteiger partial charge in [-0.05, 0) is 31.1 Å². The zero-order valence-electron chi connectivity index (χ0n) is 9.24. The second kappa shape index (κ2) is 3.55. The Morgan fingerprint density at radius 1 is 1.44 bits per heavy atom. The van der Waals surface area contributed by atoms with Crippen LogP contribution in [0.2, 0.25) is 0 Å². The summed E-state index contributed by atoms with van der Waals surface area (Å²) in [7, 11) is 0. The van der Waals surface area contributed by atoms with Gasteiger partial charge in [-0.2, -0.15) is 0 Å². The molecule has 2 aliphatic rings. The quantitative estimate of drug-likeness (QED) is 0.858. The molecule has 1 heterocycles. The predicted molar refractivity (Wildman–Crippen MR) is 63.5 cm³/mol. The fourth-order valence-electron chi connectivity index (χ4n) is 3.32. The van der Waals surface area contributed by atoms with Crippen LogP contribution >= 0.6 is 11.3 Å². The van der Waals surface area contributed by atoms with E-state index in [1.807, 2.05) is 0 Å². The summed E-state index contributed by atoms with van der Waals surface area (Å²) in [5.74, 6) is 0.204. The Labute approximate surface area is 99.1 Å². The Bertz CT molecular complexity index is 420. The molecule has 1 unspecified atom stereocenters. The normalized spacial score (nSPS) is 26.9. The molecule has 1 amide bonds. The van der Waals surface area contributed by atoms with E-state index in [1.165, 1.54) is 38.5 Å². The first-order chi connectivity index (χ1) is 7.71. The molecular formula is C12H16N2OS. The van der Waals surface area contributed by atoms with Gasteiger partial charge in [0.05, 0.1) is 5.01 Å². The molecule has 2 fully saturated rings. The van der Waals surface area contributed by atoms with Crippen LogP contribution in [0.4, 0.5) is 0 Å². The molecule has 3 rings (SSSR count). The average molecular weight is 236 g/mol. The summed E-state index contributed by atoms with van der Waals surface area (Å²) in [4.78, 5) is 15.4. The van der Waals surface area contributed by atoms with Crippen LogP contribution in [0.15, 0.2) is 5.38 Å². The zero-order valence-corrected chi connectivity index (χ0v) is 10.1. The number of hydrogen-bond acceptors (Lipinski definition) is 3. The first-order valence-electron chi connectivity index (χ1n) is 5.96. The van der Waals surface area contributed by atoms with Crippen molar-refractivity contribution < 1.29 is 4.79 Å². The molecule has 1 atom stereocenters. The summed E-state index contributed by atoms with van der Waals surface area (Å²) in [5.41, 5.74) is 6.22. The largest absolute Gasteiger partial charge is 0.364 e. The van der Waals surface area contributed by atoms with E-state index < -0.39 is 5.91 Å². The van der Waals surface area contributed by atoms with Gasteiger partial charge >= 0.3 is 0 Å². The topological polar surface area (TPSA) is 56.0 Å². The summed E-state index contributed by atoms with van der Waals surface area (Å²) < 4.78 is 0. The second-order valence-electron chi connectivity index (χ2n) is 5.10. The maximum atomic E-state index is 11.0. The highest BCUT2D eigenvalue weighted by Gasteiger charge is 2.49. The van der Waals surface area contributed by atoms with Crippen LogP contribution in [-0.4, -0.2) is 10.9 Å². The minimum absolute atomic E-state index is 0.401. The van der Waals surface area contributed by atoms with Crippen molar-refractivity contribution in [2.45, 2.75) is 44.4 Å². The lowest BCUT2D eigenvalue weighted by Gasteiger charge is -2.46. The fraction of sp³-hybridized carbons (Fsp3) is 0.667. The summed E-state index contributed by atoms with van der Waals surface area (Å²) in [6.07, 6.45) is 8.02. The number of nitrogens with two attached hydrogens (primary N) is 1. The van der Waals surface area contributed by atoms with Gasteiger partial charge < -0.3 is 5.73 Å². The van der Waals surface area contributed by atoms with Gasteiger partial charge in [-0.25, -0.2) is 4.98 Å². The van der Waals surface area contributed by atoms with Gasteiger partial charge in [0.2, 0.25) is 0 Å². The Kier molecular flexibility index (Phi) is 2.28. The van der Waals surface area contributed by atoms with Gasteiger partial charge in [0.1, 0.15) is 5.69 Å². The number of hydrogen-bond donors (Lipinski definition) is 1. The molecule has 3 nitrogen and oxygen atoms in total. The number of aromatic nitrogens is 1. The molecule has 1 aromatic heterocycles. The van der Waals surface area contributed by atoms with E-state index in [4.69, 9.17) is 5.73 Å². The third-order valence-electron chi connectivity index (χ3n) is 4.34. The van der Waals surface area contributed by atoms with Crippen molar-refractivity contribution in [3.63, 3.8) is 0 Å². The number of nitrogens with zero attached hydrogens (tertiary/aromatic N) is 1. The molecule has 0 radical (unpaired) electrons. The molecule has 2 saturated carbocycles. The van der Waals surface area contributed by atoms with Crippen molar-refractivity contribution in [3.8, 4) is 0 Å². The molecular weight excluding hydrogens is 220 g/mol. The van der Waals surface area contributed by atoms with E-state index in [9.17, 15) is 4.79 Å². The second-order valence-corrected chi connectivity index (χ2v) is 5.99. The Balaban J connectivity index is 1.84. The smallest absolute Gasteiger partial charge is 0.268 e. The van der Waals surface area contributed by atoms with Crippen molar-refractivity contribution in [2.75, 3.05) is 0 Å². The average Bonchev–Trinajstić information content (AvgIpc) is 2.85. The molecule has 0 aliphatic heterocycles. The Hall–Kier alpha value is -0.900. The highest BCUT2D eigenvalue weighted by Crippen LogP contribution is 2.61. The SMILES string of the molecule is NC(=O)c1csc(C2CCC23CCCC3)n1. The van der Waals surface area contributed by atoms with Crippen LogP contribution in [0, 0.1) is 5.41 Å². The summed E-state index contributed by atoms with van der Waals surface area (Å²) in [6, 6.07) is 0. The van der Waals surface area contributed by atoms with Crippen LogP contribution in [0.25, 0.3) is 0 Å². The highest BCUT2D eigenvalue weighted by atomic mass is 32.1. The molecule has 2 aliphatic carbocycles. The lowest BCUT2D eigenvalue weighted by Crippen LogP contribution is -2.35. The van der Waals surface area contributed by atoms with Crippen LogP contribution in [-0.2, 0) is 0 Å². The molecule has 0 saturated heterocycles. The van der Waals surface area contributed by atoms with Crippen LogP contribution in [0.3, 0.4) is 0 Å². The Morgan fingerprint density at radius 2 is 2.19 bits per heavy atom. The van der Waals surface area contributed by atoms with E-state index in [0.29, 0.717) is 17.0 Å². The number of amides is 1. The minimum atomic E-state index is -0.401.